The lowest BCUT2D eigenvalue weighted by Crippen LogP contribution is -2.95. The van der Waals surface area contributed by atoms with E-state index in [2.05, 4.69) is 4.74 Å². The highest BCUT2D eigenvalue weighted by Crippen LogP contribution is 2.03. The summed E-state index contributed by atoms with van der Waals surface area (Å²) in [5.74, 6) is -0.557. The maximum atomic E-state index is 11.1. The molecule has 1 heterocycles. The lowest BCUT2D eigenvalue weighted by atomic mass is 10.3. The van der Waals surface area contributed by atoms with Gasteiger partial charge < -0.3 is 19.9 Å². The summed E-state index contributed by atoms with van der Waals surface area (Å²) in [4.78, 5) is 11.0. The van der Waals surface area contributed by atoms with E-state index in [-0.39, 0.29) is 12.8 Å². The molecule has 0 bridgehead atoms. The van der Waals surface area contributed by atoms with Gasteiger partial charge in [-0.25, -0.2) is 4.79 Å². The standard InChI is InChI=1S/C7H12NO4/c1-3-11-7(10)5-6(9)8-4(2)12-5/h4-6,8H,3H2,1-2H3/q-1/p+1/i2+1. The number of rotatable bonds is 2. The summed E-state index contributed by atoms with van der Waals surface area (Å²) in [6.07, 6.45) is -2.28. The molecule has 3 unspecified atom stereocenters. The molecule has 3 atom stereocenters. The Bertz CT molecular complexity index is 173. The summed E-state index contributed by atoms with van der Waals surface area (Å²) in [5.41, 5.74) is 0. The third-order valence-corrected chi connectivity index (χ3v) is 1.64. The Hall–Kier alpha value is -0.650. The first-order chi connectivity index (χ1) is 5.65. The molecule has 12 heavy (non-hydrogen) atoms. The van der Waals surface area contributed by atoms with Gasteiger partial charge in [-0.3, -0.25) is 0 Å². The highest BCUT2D eigenvalue weighted by molar-refractivity contribution is 5.75. The molecule has 70 valence electrons. The van der Waals surface area contributed by atoms with Crippen molar-refractivity contribution in [1.29, 1.82) is 0 Å². The van der Waals surface area contributed by atoms with E-state index in [9.17, 15) is 9.90 Å². The van der Waals surface area contributed by atoms with Gasteiger partial charge in [-0.2, -0.15) is 0 Å². The highest BCUT2D eigenvalue weighted by Gasteiger charge is 2.35. The molecule has 0 radical (unpaired) electrons. The van der Waals surface area contributed by atoms with Crippen LogP contribution in [-0.2, 0) is 14.3 Å². The third-order valence-electron chi connectivity index (χ3n) is 1.64. The molecule has 0 amide bonds. The minimum atomic E-state index is -1.08. The second-order valence-corrected chi connectivity index (χ2v) is 2.67. The van der Waals surface area contributed by atoms with Crippen molar-refractivity contribution in [3.8, 4) is 0 Å². The topological polar surface area (TPSA) is 75.2 Å². The summed E-state index contributed by atoms with van der Waals surface area (Å²) in [6.45, 7) is 3.70. The molecule has 1 rings (SSSR count). The normalized spacial score (nSPS) is 35.1. The molecular weight excluding hydrogens is 163 g/mol. The van der Waals surface area contributed by atoms with Gasteiger partial charge in [-0.05, 0) is 6.92 Å². The summed E-state index contributed by atoms with van der Waals surface area (Å²) in [5, 5.41) is 12.6. The van der Waals surface area contributed by atoms with E-state index in [1.807, 2.05) is 0 Å². The van der Waals surface area contributed by atoms with Crippen molar-refractivity contribution in [2.45, 2.75) is 32.4 Å². The summed E-state index contributed by atoms with van der Waals surface area (Å²) >= 11 is 0. The predicted octanol–water partition coefficient (Wildman–Crippen LogP) is -2.46. The number of nitrogens with two attached hydrogens (primary N) is 1. The molecule has 1 saturated heterocycles. The van der Waals surface area contributed by atoms with Crippen LogP contribution in [0.2, 0.25) is 0 Å². The third kappa shape index (κ3) is 1.94. The van der Waals surface area contributed by atoms with Crippen molar-refractivity contribution in [3.63, 3.8) is 0 Å². The minimum absolute atomic E-state index is 0.248. The molecule has 0 aromatic carbocycles. The van der Waals surface area contributed by atoms with Crippen LogP contribution in [0.15, 0.2) is 0 Å². The molecule has 1 aliphatic heterocycles. The van der Waals surface area contributed by atoms with Crippen LogP contribution in [0.5, 0.6) is 0 Å². The van der Waals surface area contributed by atoms with E-state index >= 15 is 0 Å². The fraction of sp³-hybridized carbons (Fsp3) is 0.857. The van der Waals surface area contributed by atoms with Crippen LogP contribution in [-0.4, -0.2) is 31.1 Å². The van der Waals surface area contributed by atoms with Gasteiger partial charge in [0.15, 0.2) is 12.3 Å². The molecule has 1 aliphatic rings. The van der Waals surface area contributed by atoms with E-state index in [1.165, 1.54) is 5.32 Å². The molecule has 0 saturated carbocycles. The van der Waals surface area contributed by atoms with Crippen LogP contribution in [0.25, 0.3) is 0 Å². The number of ether oxygens (including phenoxy) is 2. The first-order valence-corrected chi connectivity index (χ1v) is 3.98. The van der Waals surface area contributed by atoms with Gasteiger partial charge in [0.05, 0.1) is 12.8 Å². The van der Waals surface area contributed by atoms with Crippen LogP contribution in [0.4, 0.5) is 0 Å². The zero-order valence-corrected chi connectivity index (χ0v) is 7.15. The Morgan fingerprint density at radius 3 is 2.83 bits per heavy atom. The minimum Gasteiger partial charge on any atom is -0.804 e. The summed E-state index contributed by atoms with van der Waals surface area (Å²) < 4.78 is 9.71. The Balaban J connectivity index is 2.46. The fourth-order valence-corrected chi connectivity index (χ4v) is 1.14. The van der Waals surface area contributed by atoms with Gasteiger partial charge in [0.2, 0.25) is 0 Å². The zero-order valence-electron chi connectivity index (χ0n) is 7.15. The monoisotopic (exact) mass is 176 g/mol. The number of quaternary nitrogens is 1. The highest BCUT2D eigenvalue weighted by atomic mass is 16.6. The van der Waals surface area contributed by atoms with Crippen molar-refractivity contribution in [1.82, 2.24) is 0 Å². The van der Waals surface area contributed by atoms with Gasteiger partial charge in [-0.15, -0.1) is 0 Å². The molecule has 0 aromatic heterocycles. The van der Waals surface area contributed by atoms with Crippen molar-refractivity contribution in [3.05, 3.63) is 0 Å². The first-order valence-electron chi connectivity index (χ1n) is 3.98. The van der Waals surface area contributed by atoms with Crippen molar-refractivity contribution >= 4 is 5.97 Å². The quantitative estimate of drug-likeness (QED) is 0.374. The molecule has 0 aromatic rings. The maximum Gasteiger partial charge on any atom is 0.340 e. The maximum absolute atomic E-state index is 11.1. The second kappa shape index (κ2) is 3.84. The molecule has 2 N–H and O–H groups in total. The fourth-order valence-electron chi connectivity index (χ4n) is 1.14. The van der Waals surface area contributed by atoms with Gasteiger partial charge in [0.1, 0.15) is 0 Å². The summed E-state index contributed by atoms with van der Waals surface area (Å²) in [6, 6.07) is 0. The average Bonchev–Trinajstić information content (AvgIpc) is 2.30. The smallest absolute Gasteiger partial charge is 0.340 e. The number of carbonyl (C=O) groups is 1. The van der Waals surface area contributed by atoms with Crippen molar-refractivity contribution in [2.24, 2.45) is 0 Å². The number of carbonyl (C=O) groups excluding carboxylic acids is 1. The van der Waals surface area contributed by atoms with E-state index in [1.54, 1.807) is 13.8 Å². The van der Waals surface area contributed by atoms with Crippen molar-refractivity contribution in [2.75, 3.05) is 6.61 Å². The zero-order chi connectivity index (χ0) is 9.14. The number of esters is 1. The van der Waals surface area contributed by atoms with E-state index in [4.69, 9.17) is 4.74 Å². The van der Waals surface area contributed by atoms with E-state index in [0.29, 0.717) is 0 Å². The van der Waals surface area contributed by atoms with Crippen LogP contribution in [0.1, 0.15) is 13.8 Å². The first kappa shape index (κ1) is 9.44. The average molecular weight is 176 g/mol. The van der Waals surface area contributed by atoms with E-state index < -0.39 is 18.3 Å². The SMILES string of the molecule is CCOC(=O)C1OC([13CH3])[NH2+]C1[O-]. The van der Waals surface area contributed by atoms with Gasteiger partial charge >= 0.3 is 5.97 Å². The van der Waals surface area contributed by atoms with Gasteiger partial charge in [-0.1, -0.05) is 0 Å². The Labute approximate surface area is 70.7 Å². The van der Waals surface area contributed by atoms with Crippen LogP contribution >= 0.6 is 0 Å². The van der Waals surface area contributed by atoms with Crippen LogP contribution < -0.4 is 10.4 Å². The molecule has 5 heteroatoms. The number of hydrogen-bond donors (Lipinski definition) is 1. The molecule has 0 aliphatic carbocycles. The molecule has 0 spiro atoms. The van der Waals surface area contributed by atoms with Crippen molar-refractivity contribution < 1.29 is 24.7 Å². The predicted molar refractivity (Wildman–Crippen MR) is 36.7 cm³/mol. The molecule has 5 nitrogen and oxygen atoms in total. The lowest BCUT2D eigenvalue weighted by molar-refractivity contribution is -0.819. The van der Waals surface area contributed by atoms with Crippen LogP contribution in [0, 0.1) is 0 Å². The Kier molecular flexibility index (Phi) is 3.02. The largest absolute Gasteiger partial charge is 0.804 e. The van der Waals surface area contributed by atoms with Gasteiger partial charge in [0, 0.05) is 6.92 Å². The molecule has 1 fully saturated rings. The molecular formula is C7H13NO4. The van der Waals surface area contributed by atoms with Gasteiger partial charge in [0.25, 0.3) is 0 Å². The Morgan fingerprint density at radius 1 is 1.75 bits per heavy atom. The Morgan fingerprint density at radius 2 is 2.42 bits per heavy atom. The van der Waals surface area contributed by atoms with E-state index in [0.717, 1.165) is 0 Å². The lowest BCUT2D eigenvalue weighted by Gasteiger charge is -2.16. The summed E-state index contributed by atoms with van der Waals surface area (Å²) in [7, 11) is 0. The van der Waals surface area contributed by atoms with Crippen LogP contribution in [0.3, 0.4) is 0 Å². The second-order valence-electron chi connectivity index (χ2n) is 2.67. The number of hydrogen-bond acceptors (Lipinski definition) is 4.